The highest BCUT2D eigenvalue weighted by molar-refractivity contribution is 5.73. The molecule has 1 saturated heterocycles. The monoisotopic (exact) mass is 329 g/mol. The average Bonchev–Trinajstić information content (AvgIpc) is 2.53. The highest BCUT2D eigenvalue weighted by atomic mass is 16.5. The molecule has 0 radical (unpaired) electrons. The first-order chi connectivity index (χ1) is 11.3. The molecule has 0 aromatic carbocycles. The predicted molar refractivity (Wildman–Crippen MR) is 89.5 cm³/mol. The van der Waals surface area contributed by atoms with Crippen molar-refractivity contribution >= 4 is 11.7 Å². The summed E-state index contributed by atoms with van der Waals surface area (Å²) in [4.78, 5) is 19.0. The van der Waals surface area contributed by atoms with E-state index >= 15 is 0 Å². The number of nitrogens with one attached hydrogen (secondary N) is 1. The molecule has 0 unspecified atom stereocenters. The summed E-state index contributed by atoms with van der Waals surface area (Å²) in [6, 6.07) is 2.41. The topological polar surface area (TPSA) is 70.7 Å². The van der Waals surface area contributed by atoms with E-state index in [9.17, 15) is 10.1 Å². The maximum Gasteiger partial charge on any atom is 0.293 e. The van der Waals surface area contributed by atoms with Gasteiger partial charge in [0, 0.05) is 18.9 Å². The van der Waals surface area contributed by atoms with Crippen molar-refractivity contribution in [3.05, 3.63) is 22.4 Å². The van der Waals surface area contributed by atoms with Gasteiger partial charge < -0.3 is 9.64 Å². The van der Waals surface area contributed by atoms with Crippen LogP contribution in [-0.2, 0) is 22.6 Å². The summed E-state index contributed by atoms with van der Waals surface area (Å²) in [6.45, 7) is 11.2. The van der Waals surface area contributed by atoms with Gasteiger partial charge in [0.25, 0.3) is 5.82 Å². The quantitative estimate of drug-likeness (QED) is 0.776. The Hall–Kier alpha value is -2.13. The lowest BCUT2D eigenvalue weighted by atomic mass is 9.88. The van der Waals surface area contributed by atoms with Gasteiger partial charge in [0.2, 0.25) is 5.91 Å². The number of nitrogens with zero attached hydrogens (tertiary/aromatic N) is 3. The van der Waals surface area contributed by atoms with Gasteiger partial charge in [-0.05, 0) is 26.3 Å². The lowest BCUT2D eigenvalue weighted by Gasteiger charge is -2.34. The smallest absolute Gasteiger partial charge is 0.293 e. The van der Waals surface area contributed by atoms with E-state index in [1.807, 2.05) is 11.8 Å². The van der Waals surface area contributed by atoms with Crippen LogP contribution in [0.25, 0.3) is 0 Å². The molecule has 3 rings (SSSR count). The molecule has 2 aliphatic heterocycles. The molecule has 0 spiro atoms. The zero-order valence-electron chi connectivity index (χ0n) is 14.9. The number of H-pyrrole nitrogens is 1. The zero-order chi connectivity index (χ0) is 17.5. The van der Waals surface area contributed by atoms with Crippen molar-refractivity contribution in [1.29, 1.82) is 5.26 Å². The number of pyridine rings is 1. The number of aryl methyl sites for hydroxylation is 1. The molecule has 6 heteroatoms. The molecule has 0 aliphatic carbocycles. The largest absolute Gasteiger partial charge is 0.370 e. The Bertz CT molecular complexity index is 713. The number of anilines is 1. The summed E-state index contributed by atoms with van der Waals surface area (Å²) in [7, 11) is 0. The molecule has 1 aromatic heterocycles. The van der Waals surface area contributed by atoms with Gasteiger partial charge in [0.15, 0.2) is 0 Å². The summed E-state index contributed by atoms with van der Waals surface area (Å²) in [5, 5.41) is 9.80. The van der Waals surface area contributed by atoms with Gasteiger partial charge in [0.1, 0.15) is 30.4 Å². The van der Waals surface area contributed by atoms with Crippen molar-refractivity contribution in [3.63, 3.8) is 0 Å². The fourth-order valence-electron chi connectivity index (χ4n) is 3.57. The third-order valence-electron chi connectivity index (χ3n) is 5.02. The zero-order valence-corrected chi connectivity index (χ0v) is 14.9. The molecular formula is C18H25N4O2+. The molecule has 2 aliphatic rings. The number of ether oxygens (including phenoxy) is 1. The lowest BCUT2D eigenvalue weighted by Crippen LogP contribution is -2.50. The average molecular weight is 329 g/mol. The molecule has 0 atom stereocenters. The van der Waals surface area contributed by atoms with Crippen LogP contribution in [0.2, 0.25) is 0 Å². The van der Waals surface area contributed by atoms with E-state index in [-0.39, 0.29) is 11.5 Å². The van der Waals surface area contributed by atoms with Gasteiger partial charge in [-0.25, -0.2) is 4.98 Å². The highest BCUT2D eigenvalue weighted by Crippen LogP contribution is 2.33. The van der Waals surface area contributed by atoms with Crippen molar-refractivity contribution < 1.29 is 14.5 Å². The van der Waals surface area contributed by atoms with Crippen molar-refractivity contribution in [2.75, 3.05) is 31.1 Å². The number of carbonyl (C=O) groups is 1. The molecule has 1 amide bonds. The number of hydrogen-bond donors (Lipinski definition) is 0. The van der Waals surface area contributed by atoms with E-state index in [1.54, 1.807) is 6.92 Å². The molecular weight excluding hydrogens is 304 g/mol. The minimum absolute atomic E-state index is 0.111. The van der Waals surface area contributed by atoms with Crippen LogP contribution in [0.4, 0.5) is 5.82 Å². The van der Waals surface area contributed by atoms with Crippen molar-refractivity contribution in [3.8, 4) is 6.07 Å². The van der Waals surface area contributed by atoms with Gasteiger partial charge in [-0.3, -0.25) is 9.69 Å². The second kappa shape index (κ2) is 6.06. The first-order valence-corrected chi connectivity index (χ1v) is 8.44. The van der Waals surface area contributed by atoms with Crippen LogP contribution in [0, 0.1) is 18.3 Å². The number of piperazine rings is 1. The van der Waals surface area contributed by atoms with E-state index in [2.05, 4.69) is 29.8 Å². The Kier molecular flexibility index (Phi) is 4.22. The molecule has 6 nitrogen and oxygen atoms in total. The molecule has 1 N–H and O–H groups in total. The fraction of sp³-hybridized carbons (Fsp3) is 0.611. The minimum Gasteiger partial charge on any atom is -0.370 e. The molecule has 0 bridgehead atoms. The third kappa shape index (κ3) is 2.96. The highest BCUT2D eigenvalue weighted by Gasteiger charge is 2.35. The SMILES string of the molecule is CC(=O)N1CCN(c2[nH+]c(C)c3c(c2C#N)CC(C)(C)OC3)CC1. The Morgan fingerprint density at radius 1 is 1.25 bits per heavy atom. The van der Waals surface area contributed by atoms with E-state index in [4.69, 9.17) is 4.74 Å². The Balaban J connectivity index is 1.97. The molecule has 128 valence electrons. The summed E-state index contributed by atoms with van der Waals surface area (Å²) in [6.07, 6.45) is 0.737. The molecule has 0 saturated carbocycles. The third-order valence-corrected chi connectivity index (χ3v) is 5.02. The maximum absolute atomic E-state index is 11.5. The van der Waals surface area contributed by atoms with E-state index in [0.717, 1.165) is 47.7 Å². The van der Waals surface area contributed by atoms with Gasteiger partial charge in [0.05, 0.1) is 25.3 Å². The first-order valence-electron chi connectivity index (χ1n) is 8.44. The van der Waals surface area contributed by atoms with Crippen LogP contribution in [0.5, 0.6) is 0 Å². The number of aromatic nitrogens is 1. The lowest BCUT2D eigenvalue weighted by molar-refractivity contribution is -0.376. The van der Waals surface area contributed by atoms with Crippen LogP contribution in [-0.4, -0.2) is 42.6 Å². The molecule has 3 heterocycles. The predicted octanol–water partition coefficient (Wildman–Crippen LogP) is 1.20. The van der Waals surface area contributed by atoms with E-state index in [1.165, 1.54) is 0 Å². The summed E-state index contributed by atoms with van der Waals surface area (Å²) in [5.41, 5.74) is 3.74. The van der Waals surface area contributed by atoms with Crippen molar-refractivity contribution in [2.24, 2.45) is 0 Å². The number of nitriles is 1. The first kappa shape index (κ1) is 16.7. The van der Waals surface area contributed by atoms with Crippen molar-refractivity contribution in [2.45, 2.75) is 46.3 Å². The summed E-state index contributed by atoms with van der Waals surface area (Å²) in [5.74, 6) is 0.995. The Morgan fingerprint density at radius 3 is 2.50 bits per heavy atom. The van der Waals surface area contributed by atoms with Crippen LogP contribution in [0.3, 0.4) is 0 Å². The Morgan fingerprint density at radius 2 is 1.92 bits per heavy atom. The number of aromatic amines is 1. The Labute approximate surface area is 143 Å². The summed E-state index contributed by atoms with van der Waals surface area (Å²) < 4.78 is 5.91. The van der Waals surface area contributed by atoms with E-state index in [0.29, 0.717) is 19.7 Å². The number of rotatable bonds is 1. The maximum atomic E-state index is 11.5. The standard InChI is InChI=1S/C18H24N4O2/c1-12-16-11-24-18(3,4)9-14(16)15(10-19)17(20-12)22-7-5-21(6-8-22)13(2)23/h5-9,11H2,1-4H3/p+1. The van der Waals surface area contributed by atoms with Gasteiger partial charge in [-0.1, -0.05) is 0 Å². The summed E-state index contributed by atoms with van der Waals surface area (Å²) >= 11 is 0. The second-order valence-corrected chi connectivity index (χ2v) is 7.26. The van der Waals surface area contributed by atoms with Crippen LogP contribution in [0.15, 0.2) is 0 Å². The second-order valence-electron chi connectivity index (χ2n) is 7.26. The van der Waals surface area contributed by atoms with Crippen LogP contribution >= 0.6 is 0 Å². The fourth-order valence-corrected chi connectivity index (χ4v) is 3.57. The number of hydrogen-bond acceptors (Lipinski definition) is 4. The molecule has 1 fully saturated rings. The number of fused-ring (bicyclic) bond motifs is 1. The van der Waals surface area contributed by atoms with Gasteiger partial charge in [-0.2, -0.15) is 5.26 Å². The van der Waals surface area contributed by atoms with Crippen molar-refractivity contribution in [1.82, 2.24) is 4.90 Å². The van der Waals surface area contributed by atoms with Gasteiger partial charge >= 0.3 is 0 Å². The molecule has 24 heavy (non-hydrogen) atoms. The number of amides is 1. The molecule has 1 aromatic rings. The normalized spacial score (nSPS) is 19.6. The van der Waals surface area contributed by atoms with Crippen LogP contribution < -0.4 is 9.88 Å². The van der Waals surface area contributed by atoms with E-state index < -0.39 is 0 Å². The van der Waals surface area contributed by atoms with Gasteiger partial charge in [-0.15, -0.1) is 0 Å². The number of carbonyl (C=O) groups excluding carboxylic acids is 1. The van der Waals surface area contributed by atoms with Crippen LogP contribution in [0.1, 0.15) is 43.2 Å². The minimum atomic E-state index is -0.253.